The Morgan fingerprint density at radius 1 is 1.09 bits per heavy atom. The molecular formula is C25H24N4O6. The van der Waals surface area contributed by atoms with E-state index in [1.165, 1.54) is 17.9 Å². The summed E-state index contributed by atoms with van der Waals surface area (Å²) in [6.45, 7) is -0.0197. The second-order valence-corrected chi connectivity index (χ2v) is 8.68. The number of carboxylic acid groups (broad SMARTS) is 1. The summed E-state index contributed by atoms with van der Waals surface area (Å²) in [5, 5.41) is 25.9. The Bertz CT molecular complexity index is 1270. The zero-order valence-electron chi connectivity index (χ0n) is 18.9. The number of fused-ring (bicyclic) bond motifs is 3. The highest BCUT2D eigenvalue weighted by Gasteiger charge is 2.41. The summed E-state index contributed by atoms with van der Waals surface area (Å²) in [4.78, 5) is 38.5. The van der Waals surface area contributed by atoms with Gasteiger partial charge in [0.1, 0.15) is 18.3 Å². The number of anilines is 1. The number of aromatic nitrogens is 2. The highest BCUT2D eigenvalue weighted by Crippen LogP contribution is 2.44. The number of aliphatic carboxylic acids is 1. The molecule has 1 fully saturated rings. The van der Waals surface area contributed by atoms with E-state index in [0.717, 1.165) is 27.2 Å². The molecule has 2 amide bonds. The maximum Gasteiger partial charge on any atom is 0.411 e. The van der Waals surface area contributed by atoms with E-state index in [0.29, 0.717) is 0 Å². The average molecular weight is 476 g/mol. The molecule has 1 aliphatic heterocycles. The van der Waals surface area contributed by atoms with Crippen LogP contribution in [0.2, 0.25) is 0 Å². The standard InChI is InChI=1S/C25H24N4O6/c1-28-22(23(31)29-12-14(30)10-21(29)24(32)33)20(11-26-28)27-25(34)35-13-19-17-8-4-2-6-15(17)16-7-3-5-9-18(16)19/h2-9,11,14,19,21,30H,10,12-13H2,1H3,(H,27,34)(H,32,33)/t14-,21-/m0/s1. The molecule has 0 unspecified atom stereocenters. The predicted octanol–water partition coefficient (Wildman–Crippen LogP) is 2.44. The van der Waals surface area contributed by atoms with E-state index in [1.54, 1.807) is 0 Å². The molecule has 0 spiro atoms. The molecule has 35 heavy (non-hydrogen) atoms. The van der Waals surface area contributed by atoms with Gasteiger partial charge in [-0.25, -0.2) is 9.59 Å². The number of hydrogen-bond donors (Lipinski definition) is 3. The molecule has 0 bridgehead atoms. The molecule has 0 radical (unpaired) electrons. The lowest BCUT2D eigenvalue weighted by Crippen LogP contribution is -2.41. The number of hydrogen-bond acceptors (Lipinski definition) is 6. The van der Waals surface area contributed by atoms with Crippen LogP contribution in [0.15, 0.2) is 54.7 Å². The van der Waals surface area contributed by atoms with Crippen LogP contribution < -0.4 is 5.32 Å². The van der Waals surface area contributed by atoms with Crippen molar-refractivity contribution in [3.05, 3.63) is 71.5 Å². The lowest BCUT2D eigenvalue weighted by atomic mass is 9.98. The molecule has 10 nitrogen and oxygen atoms in total. The van der Waals surface area contributed by atoms with Crippen LogP contribution in [-0.4, -0.2) is 68.2 Å². The monoisotopic (exact) mass is 476 g/mol. The lowest BCUT2D eigenvalue weighted by molar-refractivity contribution is -0.141. The Balaban J connectivity index is 1.31. The van der Waals surface area contributed by atoms with Crippen LogP contribution >= 0.6 is 0 Å². The third-order valence-electron chi connectivity index (χ3n) is 6.55. The van der Waals surface area contributed by atoms with Gasteiger partial charge in [0, 0.05) is 25.9 Å². The van der Waals surface area contributed by atoms with Crippen molar-refractivity contribution in [2.75, 3.05) is 18.5 Å². The highest BCUT2D eigenvalue weighted by atomic mass is 16.5. The number of nitrogens with zero attached hydrogens (tertiary/aromatic N) is 3. The van der Waals surface area contributed by atoms with Crippen LogP contribution in [0, 0.1) is 0 Å². The van der Waals surface area contributed by atoms with Gasteiger partial charge < -0.3 is 19.8 Å². The minimum absolute atomic E-state index is 0.00106. The van der Waals surface area contributed by atoms with Gasteiger partial charge in [0.25, 0.3) is 5.91 Å². The molecule has 2 aliphatic rings. The number of nitrogens with one attached hydrogen (secondary N) is 1. The van der Waals surface area contributed by atoms with Crippen LogP contribution in [0.1, 0.15) is 34.0 Å². The highest BCUT2D eigenvalue weighted by molar-refractivity contribution is 6.02. The summed E-state index contributed by atoms with van der Waals surface area (Å²) in [7, 11) is 1.51. The zero-order valence-corrected chi connectivity index (χ0v) is 18.9. The first-order valence-corrected chi connectivity index (χ1v) is 11.2. The Kier molecular flexibility index (Phi) is 5.73. The molecule has 2 heterocycles. The van der Waals surface area contributed by atoms with Crippen molar-refractivity contribution in [1.29, 1.82) is 0 Å². The number of rotatable bonds is 5. The fraction of sp³-hybridized carbons (Fsp3) is 0.280. The molecule has 10 heteroatoms. The van der Waals surface area contributed by atoms with Gasteiger partial charge >= 0.3 is 12.1 Å². The van der Waals surface area contributed by atoms with Gasteiger partial charge in [-0.3, -0.25) is 14.8 Å². The predicted molar refractivity (Wildman–Crippen MR) is 125 cm³/mol. The van der Waals surface area contributed by atoms with Crippen molar-refractivity contribution in [2.24, 2.45) is 7.05 Å². The maximum atomic E-state index is 13.1. The summed E-state index contributed by atoms with van der Waals surface area (Å²) in [6.07, 6.45) is -0.456. The van der Waals surface area contributed by atoms with Crippen molar-refractivity contribution >= 4 is 23.7 Å². The van der Waals surface area contributed by atoms with E-state index in [2.05, 4.69) is 10.4 Å². The normalized spacial score (nSPS) is 18.7. The smallest absolute Gasteiger partial charge is 0.411 e. The molecule has 0 saturated carbocycles. The van der Waals surface area contributed by atoms with Gasteiger partial charge in [-0.1, -0.05) is 48.5 Å². The number of aryl methyl sites for hydroxylation is 1. The fourth-order valence-corrected chi connectivity index (χ4v) is 4.94. The van der Waals surface area contributed by atoms with Gasteiger partial charge in [0.2, 0.25) is 0 Å². The third kappa shape index (κ3) is 4.01. The summed E-state index contributed by atoms with van der Waals surface area (Å²) in [6, 6.07) is 14.8. The number of aliphatic hydroxyl groups excluding tert-OH is 1. The topological polar surface area (TPSA) is 134 Å². The minimum atomic E-state index is -1.21. The molecule has 180 valence electrons. The molecule has 2 atom stereocenters. The van der Waals surface area contributed by atoms with Crippen LogP contribution in [0.4, 0.5) is 10.5 Å². The SMILES string of the molecule is Cn1ncc(NC(=O)OCC2c3ccccc3-c3ccccc32)c1C(=O)N1C[C@@H](O)C[C@H]1C(=O)O. The van der Waals surface area contributed by atoms with Crippen LogP contribution in [0.25, 0.3) is 11.1 Å². The summed E-state index contributed by atoms with van der Waals surface area (Å²) >= 11 is 0. The Labute approximate surface area is 200 Å². The molecule has 2 aromatic carbocycles. The van der Waals surface area contributed by atoms with Crippen molar-refractivity contribution in [3.63, 3.8) is 0 Å². The molecule has 1 saturated heterocycles. The number of carboxylic acids is 1. The van der Waals surface area contributed by atoms with E-state index in [-0.39, 0.29) is 36.9 Å². The third-order valence-corrected chi connectivity index (χ3v) is 6.55. The quantitative estimate of drug-likeness (QED) is 0.515. The van der Waals surface area contributed by atoms with Gasteiger partial charge in [-0.15, -0.1) is 0 Å². The largest absolute Gasteiger partial charge is 0.480 e. The number of β-amino-alcohol motifs (C(OH)–C–C–N with tert-alkyl or cyclic N) is 1. The van der Waals surface area contributed by atoms with Crippen molar-refractivity contribution in [3.8, 4) is 11.1 Å². The van der Waals surface area contributed by atoms with Crippen molar-refractivity contribution in [1.82, 2.24) is 14.7 Å². The number of aliphatic hydroxyl groups is 1. The number of amides is 2. The summed E-state index contributed by atoms with van der Waals surface area (Å²) < 4.78 is 6.80. The molecular weight excluding hydrogens is 452 g/mol. The van der Waals surface area contributed by atoms with Crippen molar-refractivity contribution in [2.45, 2.75) is 24.5 Å². The van der Waals surface area contributed by atoms with Gasteiger partial charge in [-0.05, 0) is 22.3 Å². The van der Waals surface area contributed by atoms with E-state index in [1.807, 2.05) is 48.5 Å². The minimum Gasteiger partial charge on any atom is -0.480 e. The average Bonchev–Trinajstić information content (AvgIpc) is 3.51. The van der Waals surface area contributed by atoms with Gasteiger partial charge in [0.15, 0.2) is 0 Å². The number of carbonyl (C=O) groups excluding carboxylic acids is 2. The Morgan fingerprint density at radius 2 is 1.71 bits per heavy atom. The number of likely N-dealkylation sites (tertiary alicyclic amines) is 1. The first-order chi connectivity index (χ1) is 16.8. The zero-order chi connectivity index (χ0) is 24.7. The molecule has 1 aliphatic carbocycles. The Morgan fingerprint density at radius 3 is 2.34 bits per heavy atom. The second kappa shape index (κ2) is 8.88. The Hall–Kier alpha value is -4.18. The molecule has 3 N–H and O–H groups in total. The van der Waals surface area contributed by atoms with Crippen LogP contribution in [-0.2, 0) is 16.6 Å². The number of ether oxygens (including phenoxy) is 1. The first kappa shape index (κ1) is 22.6. The van der Waals surface area contributed by atoms with Crippen LogP contribution in [0.3, 0.4) is 0 Å². The van der Waals surface area contributed by atoms with E-state index >= 15 is 0 Å². The molecule has 3 aromatic rings. The summed E-state index contributed by atoms with van der Waals surface area (Å²) in [5.74, 6) is -1.98. The van der Waals surface area contributed by atoms with E-state index in [4.69, 9.17) is 4.74 Å². The first-order valence-electron chi connectivity index (χ1n) is 11.2. The van der Waals surface area contributed by atoms with Gasteiger partial charge in [0.05, 0.1) is 18.0 Å². The lowest BCUT2D eigenvalue weighted by Gasteiger charge is -2.21. The summed E-state index contributed by atoms with van der Waals surface area (Å²) in [5.41, 5.74) is 4.47. The fourth-order valence-electron chi connectivity index (χ4n) is 4.94. The second-order valence-electron chi connectivity index (χ2n) is 8.68. The van der Waals surface area contributed by atoms with E-state index < -0.39 is 30.1 Å². The molecule has 1 aromatic heterocycles. The maximum absolute atomic E-state index is 13.1. The van der Waals surface area contributed by atoms with Gasteiger partial charge in [-0.2, -0.15) is 5.10 Å². The van der Waals surface area contributed by atoms with Crippen molar-refractivity contribution < 1.29 is 29.3 Å². The van der Waals surface area contributed by atoms with E-state index in [9.17, 15) is 24.6 Å². The molecule has 5 rings (SSSR count). The van der Waals surface area contributed by atoms with Crippen LogP contribution in [0.5, 0.6) is 0 Å². The number of carbonyl (C=O) groups is 3. The number of benzene rings is 2.